The van der Waals surface area contributed by atoms with Gasteiger partial charge in [0.1, 0.15) is 6.04 Å². The minimum atomic E-state index is -1.07. The minimum absolute atomic E-state index is 0.250. The molecule has 0 bridgehead atoms. The summed E-state index contributed by atoms with van der Waals surface area (Å²) in [5, 5.41) is 22.5. The highest BCUT2D eigenvalue weighted by Crippen LogP contribution is 2.12. The molecule has 0 fully saturated rings. The molecule has 9 heteroatoms. The van der Waals surface area contributed by atoms with Gasteiger partial charge in [-0.2, -0.15) is 0 Å². The molecule has 5 N–H and O–H groups in total. The standard InChI is InChI=1S/C27H31N5O3S/c28-16-21-6-8-22(9-7-21)17-30-26(34)25(18-33)31-27(35)24(11-10-20-12-14-29-15-13-20)32-36-19-23-4-2-1-3-5-23/h1-9,12-16,24-25,28,32-33H,10-11,17-19H2,(H,30,34)(H,31,35). The third-order valence-electron chi connectivity index (χ3n) is 5.52. The summed E-state index contributed by atoms with van der Waals surface area (Å²) >= 11 is 1.43. The molecule has 0 aliphatic rings. The van der Waals surface area contributed by atoms with Crippen molar-refractivity contribution in [1.82, 2.24) is 20.3 Å². The fourth-order valence-electron chi connectivity index (χ4n) is 3.41. The average molecular weight is 506 g/mol. The number of carbonyl (C=O) groups is 2. The number of nitrogens with one attached hydrogen (secondary N) is 4. The van der Waals surface area contributed by atoms with Crippen LogP contribution >= 0.6 is 11.9 Å². The summed E-state index contributed by atoms with van der Waals surface area (Å²) in [6, 6.07) is 19.3. The van der Waals surface area contributed by atoms with Crippen LogP contribution in [0.1, 0.15) is 28.7 Å². The van der Waals surface area contributed by atoms with Crippen LogP contribution in [0, 0.1) is 5.41 Å². The van der Waals surface area contributed by atoms with Gasteiger partial charge in [-0.3, -0.25) is 19.3 Å². The molecule has 2 unspecified atom stereocenters. The molecule has 0 aliphatic heterocycles. The van der Waals surface area contributed by atoms with Crippen LogP contribution in [0.15, 0.2) is 79.1 Å². The summed E-state index contributed by atoms with van der Waals surface area (Å²) < 4.78 is 3.23. The van der Waals surface area contributed by atoms with Crippen molar-refractivity contribution in [2.24, 2.45) is 0 Å². The van der Waals surface area contributed by atoms with E-state index in [2.05, 4.69) is 20.3 Å². The van der Waals surface area contributed by atoms with Gasteiger partial charge in [-0.1, -0.05) is 66.5 Å². The average Bonchev–Trinajstić information content (AvgIpc) is 2.93. The monoisotopic (exact) mass is 505 g/mol. The number of carbonyl (C=O) groups excluding carboxylic acids is 2. The lowest BCUT2D eigenvalue weighted by Gasteiger charge is -2.22. The van der Waals surface area contributed by atoms with Gasteiger partial charge >= 0.3 is 0 Å². The van der Waals surface area contributed by atoms with Gasteiger partial charge in [0, 0.05) is 30.9 Å². The summed E-state index contributed by atoms with van der Waals surface area (Å²) in [4.78, 5) is 29.8. The van der Waals surface area contributed by atoms with Crippen molar-refractivity contribution in [2.45, 2.75) is 37.2 Å². The number of aryl methyl sites for hydroxylation is 1. The predicted molar refractivity (Wildman–Crippen MR) is 142 cm³/mol. The Labute approximate surface area is 215 Å². The Kier molecular flexibility index (Phi) is 11.1. The number of hydrogen-bond donors (Lipinski definition) is 5. The molecule has 0 saturated heterocycles. The van der Waals surface area contributed by atoms with E-state index in [4.69, 9.17) is 5.41 Å². The topological polar surface area (TPSA) is 127 Å². The lowest BCUT2D eigenvalue weighted by molar-refractivity contribution is -0.130. The summed E-state index contributed by atoms with van der Waals surface area (Å²) in [5.41, 5.74) is 3.81. The van der Waals surface area contributed by atoms with E-state index in [1.165, 1.54) is 18.2 Å². The van der Waals surface area contributed by atoms with Crippen LogP contribution in [0.4, 0.5) is 0 Å². The first kappa shape index (κ1) is 27.1. The van der Waals surface area contributed by atoms with Gasteiger partial charge < -0.3 is 21.1 Å². The first-order chi connectivity index (χ1) is 17.6. The molecule has 1 aromatic heterocycles. The number of aliphatic hydroxyl groups is 1. The molecular formula is C27H31N5O3S. The molecule has 0 saturated carbocycles. The lowest BCUT2D eigenvalue weighted by atomic mass is 10.1. The van der Waals surface area contributed by atoms with E-state index in [0.29, 0.717) is 18.6 Å². The van der Waals surface area contributed by atoms with Crippen LogP contribution in [0.5, 0.6) is 0 Å². The number of rotatable bonds is 14. The van der Waals surface area contributed by atoms with Crippen molar-refractivity contribution in [1.29, 1.82) is 5.41 Å². The zero-order chi connectivity index (χ0) is 25.6. The van der Waals surface area contributed by atoms with Gasteiger partial charge in [0.15, 0.2) is 0 Å². The van der Waals surface area contributed by atoms with E-state index in [-0.39, 0.29) is 12.5 Å². The van der Waals surface area contributed by atoms with Crippen molar-refractivity contribution < 1.29 is 14.7 Å². The minimum Gasteiger partial charge on any atom is -0.394 e. The van der Waals surface area contributed by atoms with Crippen molar-refractivity contribution >= 4 is 30.0 Å². The Morgan fingerprint density at radius 1 is 0.917 bits per heavy atom. The largest absolute Gasteiger partial charge is 0.394 e. The molecule has 1 heterocycles. The van der Waals surface area contributed by atoms with Crippen LogP contribution in [0.3, 0.4) is 0 Å². The van der Waals surface area contributed by atoms with Crippen LogP contribution in [-0.4, -0.2) is 46.8 Å². The number of benzene rings is 2. The van der Waals surface area contributed by atoms with E-state index >= 15 is 0 Å². The third-order valence-corrected chi connectivity index (χ3v) is 6.45. The first-order valence-corrected chi connectivity index (χ1v) is 12.7. The molecule has 0 spiro atoms. The van der Waals surface area contributed by atoms with Gasteiger partial charge in [0.2, 0.25) is 11.8 Å². The SMILES string of the molecule is N=Cc1ccc(CNC(=O)C(CO)NC(=O)C(CCc2ccncc2)NSCc2ccccc2)cc1. The van der Waals surface area contributed by atoms with Gasteiger partial charge in [-0.05, 0) is 47.2 Å². The molecule has 2 amide bonds. The number of pyridine rings is 1. The smallest absolute Gasteiger partial charge is 0.245 e. The molecule has 36 heavy (non-hydrogen) atoms. The molecule has 3 rings (SSSR count). The number of hydrogen-bond acceptors (Lipinski definition) is 7. The first-order valence-electron chi connectivity index (χ1n) is 11.7. The molecule has 0 radical (unpaired) electrons. The number of nitrogens with zero attached hydrogens (tertiary/aromatic N) is 1. The fourth-order valence-corrected chi connectivity index (χ4v) is 4.28. The Bertz CT molecular complexity index is 1100. The van der Waals surface area contributed by atoms with Gasteiger partial charge in [-0.15, -0.1) is 0 Å². The van der Waals surface area contributed by atoms with Crippen LogP contribution in [-0.2, 0) is 28.3 Å². The maximum atomic E-state index is 13.1. The maximum absolute atomic E-state index is 13.1. The van der Waals surface area contributed by atoms with E-state index < -0.39 is 24.6 Å². The number of aliphatic hydroxyl groups excluding tert-OH is 1. The Morgan fingerprint density at radius 2 is 1.64 bits per heavy atom. The highest BCUT2D eigenvalue weighted by molar-refractivity contribution is 7.96. The van der Waals surface area contributed by atoms with Crippen LogP contribution < -0.4 is 15.4 Å². The zero-order valence-electron chi connectivity index (χ0n) is 19.9. The maximum Gasteiger partial charge on any atom is 0.245 e. The fraction of sp³-hybridized carbons (Fsp3) is 0.259. The normalized spacial score (nSPS) is 12.4. The highest BCUT2D eigenvalue weighted by Gasteiger charge is 2.25. The summed E-state index contributed by atoms with van der Waals surface area (Å²) in [6.07, 6.45) is 5.84. The van der Waals surface area contributed by atoms with Crippen molar-refractivity contribution in [2.75, 3.05) is 6.61 Å². The van der Waals surface area contributed by atoms with E-state index in [1.54, 1.807) is 24.5 Å². The molecular weight excluding hydrogens is 474 g/mol. The molecule has 3 aromatic rings. The Morgan fingerprint density at radius 3 is 2.31 bits per heavy atom. The van der Waals surface area contributed by atoms with E-state index in [0.717, 1.165) is 22.3 Å². The lowest BCUT2D eigenvalue weighted by Crippen LogP contribution is -2.53. The number of aromatic nitrogens is 1. The summed E-state index contributed by atoms with van der Waals surface area (Å²) in [6.45, 7) is -0.265. The van der Waals surface area contributed by atoms with Gasteiger partial charge in [-0.25, -0.2) is 0 Å². The molecule has 188 valence electrons. The second kappa shape index (κ2) is 14.8. The molecule has 8 nitrogen and oxygen atoms in total. The highest BCUT2D eigenvalue weighted by atomic mass is 32.2. The van der Waals surface area contributed by atoms with Crippen molar-refractivity contribution in [3.8, 4) is 0 Å². The quantitative estimate of drug-likeness (QED) is 0.169. The van der Waals surface area contributed by atoms with Crippen LogP contribution in [0.25, 0.3) is 0 Å². The predicted octanol–water partition coefficient (Wildman–Crippen LogP) is 2.61. The molecule has 2 aromatic carbocycles. The number of amides is 2. The van der Waals surface area contributed by atoms with Crippen molar-refractivity contribution in [3.05, 3.63) is 101 Å². The zero-order valence-corrected chi connectivity index (χ0v) is 20.7. The molecule has 2 atom stereocenters. The van der Waals surface area contributed by atoms with Gasteiger partial charge in [0.05, 0.1) is 12.6 Å². The van der Waals surface area contributed by atoms with E-state index in [1.807, 2.05) is 54.6 Å². The van der Waals surface area contributed by atoms with Crippen LogP contribution in [0.2, 0.25) is 0 Å². The second-order valence-electron chi connectivity index (χ2n) is 8.19. The summed E-state index contributed by atoms with van der Waals surface area (Å²) in [5.74, 6) is -0.137. The molecule has 0 aliphatic carbocycles. The third kappa shape index (κ3) is 8.92. The van der Waals surface area contributed by atoms with Crippen molar-refractivity contribution in [3.63, 3.8) is 0 Å². The second-order valence-corrected chi connectivity index (χ2v) is 9.00. The summed E-state index contributed by atoms with van der Waals surface area (Å²) in [7, 11) is 0. The Balaban J connectivity index is 1.57. The van der Waals surface area contributed by atoms with Gasteiger partial charge in [0.25, 0.3) is 0 Å². The Hall–Kier alpha value is -3.53. The van der Waals surface area contributed by atoms with E-state index in [9.17, 15) is 14.7 Å².